The molecule has 2 aromatic heterocycles. The van der Waals surface area contributed by atoms with E-state index in [9.17, 15) is 9.59 Å². The smallest absolute Gasteiger partial charge is 0.263 e. The van der Waals surface area contributed by atoms with Crippen LogP contribution in [0.2, 0.25) is 0 Å². The van der Waals surface area contributed by atoms with E-state index in [1.54, 1.807) is 22.5 Å². The number of aromatic nitrogens is 3. The zero-order chi connectivity index (χ0) is 23.3. The van der Waals surface area contributed by atoms with Crippen LogP contribution < -0.4 is 5.56 Å². The van der Waals surface area contributed by atoms with E-state index >= 15 is 0 Å². The van der Waals surface area contributed by atoms with Crippen LogP contribution in [-0.2, 0) is 0 Å². The molecule has 2 aromatic rings. The fourth-order valence-electron chi connectivity index (χ4n) is 4.94. The predicted molar refractivity (Wildman–Crippen MR) is 134 cm³/mol. The van der Waals surface area contributed by atoms with Crippen LogP contribution >= 0.6 is 11.8 Å². The second-order valence-corrected chi connectivity index (χ2v) is 11.2. The van der Waals surface area contributed by atoms with E-state index in [-0.39, 0.29) is 28.4 Å². The fourth-order valence-corrected chi connectivity index (χ4v) is 5.75. The first-order valence-electron chi connectivity index (χ1n) is 12.3. The number of nitrogens with zero attached hydrogens (tertiary/aromatic N) is 3. The van der Waals surface area contributed by atoms with Crippen molar-refractivity contribution in [2.45, 2.75) is 110 Å². The van der Waals surface area contributed by atoms with Crippen LogP contribution in [-0.4, -0.2) is 26.1 Å². The molecular weight excluding hydrogens is 418 g/mol. The van der Waals surface area contributed by atoms with Crippen LogP contribution in [0.3, 0.4) is 0 Å². The zero-order valence-electron chi connectivity index (χ0n) is 20.5. The highest BCUT2D eigenvalue weighted by Crippen LogP contribution is 2.48. The zero-order valence-corrected chi connectivity index (χ0v) is 21.3. The Labute approximate surface area is 196 Å². The molecule has 3 rings (SSSR count). The van der Waals surface area contributed by atoms with Crippen molar-refractivity contribution in [3.63, 3.8) is 0 Å². The lowest BCUT2D eigenvalue weighted by Gasteiger charge is -2.43. The average Bonchev–Trinajstić information content (AvgIpc) is 2.71. The molecule has 0 saturated heterocycles. The fraction of sp³-hybridized carbons (Fsp3) is 0.692. The summed E-state index contributed by atoms with van der Waals surface area (Å²) in [5.41, 5.74) is 1.70. The van der Waals surface area contributed by atoms with Gasteiger partial charge >= 0.3 is 0 Å². The summed E-state index contributed by atoms with van der Waals surface area (Å²) >= 11 is 1.67. The number of Topliss-reactive ketones (excluding diaryl/α,β-unsaturated/α-hetero) is 1. The maximum absolute atomic E-state index is 13.3. The van der Waals surface area contributed by atoms with Gasteiger partial charge in [0.05, 0.1) is 5.56 Å². The Balaban J connectivity index is 1.73. The summed E-state index contributed by atoms with van der Waals surface area (Å²) in [4.78, 5) is 34.9. The van der Waals surface area contributed by atoms with Gasteiger partial charge in [-0.3, -0.25) is 14.2 Å². The molecule has 0 aliphatic heterocycles. The Morgan fingerprint density at radius 3 is 2.34 bits per heavy atom. The number of ketones is 1. The van der Waals surface area contributed by atoms with Gasteiger partial charge in [0.2, 0.25) is 0 Å². The molecule has 5 nitrogen and oxygen atoms in total. The van der Waals surface area contributed by atoms with Crippen molar-refractivity contribution in [2.24, 2.45) is 5.41 Å². The molecule has 1 fully saturated rings. The number of thioether (sulfide) groups is 1. The highest BCUT2D eigenvalue weighted by atomic mass is 32.2. The van der Waals surface area contributed by atoms with Crippen LogP contribution in [0, 0.1) is 12.3 Å². The SMILES string of the molecule is CCCCCCCCCCSc1ncc2c(C)c(C(C)=O)c(=O)n(C3CC(C)(C)C3)c2n1. The number of aryl methyl sites for hydroxylation is 1. The lowest BCUT2D eigenvalue weighted by atomic mass is 9.68. The molecule has 0 N–H and O–H groups in total. The van der Waals surface area contributed by atoms with Gasteiger partial charge in [-0.05, 0) is 44.1 Å². The summed E-state index contributed by atoms with van der Waals surface area (Å²) in [7, 11) is 0. The molecule has 0 bridgehead atoms. The summed E-state index contributed by atoms with van der Waals surface area (Å²) in [6, 6.07) is 0.0964. The molecule has 6 heteroatoms. The maximum Gasteiger partial charge on any atom is 0.263 e. The lowest BCUT2D eigenvalue weighted by Crippen LogP contribution is -2.40. The van der Waals surface area contributed by atoms with Gasteiger partial charge in [-0.2, -0.15) is 0 Å². The molecule has 0 radical (unpaired) electrons. The van der Waals surface area contributed by atoms with Gasteiger partial charge in [0.25, 0.3) is 5.56 Å². The van der Waals surface area contributed by atoms with Crippen LogP contribution in [0.4, 0.5) is 0 Å². The summed E-state index contributed by atoms with van der Waals surface area (Å²) in [6.45, 7) is 10.0. The van der Waals surface area contributed by atoms with Crippen LogP contribution in [0.15, 0.2) is 16.1 Å². The number of carbonyl (C=O) groups excluding carboxylic acids is 1. The number of unbranched alkanes of at least 4 members (excludes halogenated alkanes) is 7. The first kappa shape index (κ1) is 24.9. The lowest BCUT2D eigenvalue weighted by molar-refractivity contribution is 0.0991. The Kier molecular flexibility index (Phi) is 8.54. The van der Waals surface area contributed by atoms with Crippen molar-refractivity contribution in [3.8, 4) is 0 Å². The number of pyridine rings is 1. The number of hydrogen-bond donors (Lipinski definition) is 0. The molecule has 0 aromatic carbocycles. The van der Waals surface area contributed by atoms with E-state index in [0.717, 1.165) is 35.6 Å². The molecule has 2 heterocycles. The van der Waals surface area contributed by atoms with Crippen molar-refractivity contribution < 1.29 is 4.79 Å². The number of carbonyl (C=O) groups is 1. The van der Waals surface area contributed by atoms with Gasteiger partial charge in [-0.25, -0.2) is 9.97 Å². The normalized spacial score (nSPS) is 15.8. The van der Waals surface area contributed by atoms with Gasteiger partial charge < -0.3 is 0 Å². The van der Waals surface area contributed by atoms with Crippen LogP contribution in [0.1, 0.15) is 114 Å². The van der Waals surface area contributed by atoms with Gasteiger partial charge in [0.15, 0.2) is 10.9 Å². The highest BCUT2D eigenvalue weighted by Gasteiger charge is 2.39. The molecule has 1 aliphatic carbocycles. The first-order valence-corrected chi connectivity index (χ1v) is 13.3. The first-order chi connectivity index (χ1) is 15.2. The molecule has 1 saturated carbocycles. The second kappa shape index (κ2) is 11.0. The molecule has 0 spiro atoms. The molecule has 0 unspecified atom stereocenters. The molecule has 176 valence electrons. The quantitative estimate of drug-likeness (QED) is 0.150. The third-order valence-electron chi connectivity index (χ3n) is 6.71. The third-order valence-corrected chi connectivity index (χ3v) is 7.66. The van der Waals surface area contributed by atoms with Crippen molar-refractivity contribution in [2.75, 3.05) is 5.75 Å². The Bertz CT molecular complexity index is 1000. The van der Waals surface area contributed by atoms with Crippen molar-refractivity contribution in [3.05, 3.63) is 27.7 Å². The Hall–Kier alpha value is -1.69. The summed E-state index contributed by atoms with van der Waals surface area (Å²) in [5.74, 6) is 0.806. The van der Waals surface area contributed by atoms with Gasteiger partial charge in [0.1, 0.15) is 5.65 Å². The summed E-state index contributed by atoms with van der Waals surface area (Å²) in [6.07, 6.45) is 14.1. The predicted octanol–water partition coefficient (Wildman–Crippen LogP) is 6.90. The largest absolute Gasteiger partial charge is 0.294 e. The number of rotatable bonds is 12. The van der Waals surface area contributed by atoms with Gasteiger partial charge in [-0.1, -0.05) is 77.5 Å². The number of hydrogen-bond acceptors (Lipinski definition) is 5. The molecular formula is C26H39N3O2S. The second-order valence-electron chi connectivity index (χ2n) is 10.2. The average molecular weight is 458 g/mol. The van der Waals surface area contributed by atoms with E-state index < -0.39 is 0 Å². The maximum atomic E-state index is 13.3. The van der Waals surface area contributed by atoms with Crippen molar-refractivity contribution in [1.82, 2.24) is 14.5 Å². The Morgan fingerprint density at radius 1 is 1.12 bits per heavy atom. The minimum atomic E-state index is -0.194. The van der Waals surface area contributed by atoms with E-state index in [2.05, 4.69) is 25.8 Å². The monoisotopic (exact) mass is 457 g/mol. The minimum Gasteiger partial charge on any atom is -0.294 e. The van der Waals surface area contributed by atoms with Gasteiger partial charge in [-0.15, -0.1) is 0 Å². The van der Waals surface area contributed by atoms with E-state index in [0.29, 0.717) is 11.2 Å². The third kappa shape index (κ3) is 5.81. The van der Waals surface area contributed by atoms with Crippen LogP contribution in [0.25, 0.3) is 11.0 Å². The summed E-state index contributed by atoms with van der Waals surface area (Å²) < 4.78 is 1.78. The Morgan fingerprint density at radius 2 is 1.75 bits per heavy atom. The standard InChI is InChI=1S/C26H39N3O2S/c1-6-7-8-9-10-11-12-13-14-32-25-27-17-21-18(2)22(19(3)30)24(31)29(23(21)28-25)20-15-26(4,5)16-20/h17,20H,6-16H2,1-5H3. The van der Waals surface area contributed by atoms with Crippen molar-refractivity contribution >= 4 is 28.6 Å². The van der Waals surface area contributed by atoms with E-state index in [1.807, 2.05) is 6.92 Å². The molecule has 32 heavy (non-hydrogen) atoms. The van der Waals surface area contributed by atoms with Crippen molar-refractivity contribution in [1.29, 1.82) is 0 Å². The molecule has 0 atom stereocenters. The molecule has 1 aliphatic rings. The minimum absolute atomic E-state index is 0.0964. The molecule has 0 amide bonds. The van der Waals surface area contributed by atoms with Gasteiger partial charge in [0, 0.05) is 23.4 Å². The number of fused-ring (bicyclic) bond motifs is 1. The summed E-state index contributed by atoms with van der Waals surface area (Å²) in [5, 5.41) is 1.54. The topological polar surface area (TPSA) is 64.8 Å². The highest BCUT2D eigenvalue weighted by molar-refractivity contribution is 7.99. The van der Waals surface area contributed by atoms with E-state index in [1.165, 1.54) is 51.9 Å². The van der Waals surface area contributed by atoms with E-state index in [4.69, 9.17) is 4.98 Å². The van der Waals surface area contributed by atoms with Crippen LogP contribution in [0.5, 0.6) is 0 Å².